The van der Waals surface area contributed by atoms with E-state index in [2.05, 4.69) is 25.2 Å². The summed E-state index contributed by atoms with van der Waals surface area (Å²) in [6.45, 7) is 3.04. The molecule has 8 nitrogen and oxygen atoms in total. The van der Waals surface area contributed by atoms with Gasteiger partial charge in [0.2, 0.25) is 11.8 Å². The molecule has 2 aliphatic rings. The fourth-order valence-electron chi connectivity index (χ4n) is 3.89. The van der Waals surface area contributed by atoms with E-state index in [-0.39, 0.29) is 30.4 Å². The molecule has 2 saturated heterocycles. The summed E-state index contributed by atoms with van der Waals surface area (Å²) in [6.07, 6.45) is 5.43. The minimum atomic E-state index is -0.176. The summed E-state index contributed by atoms with van der Waals surface area (Å²) >= 11 is 0. The molecule has 2 aromatic heterocycles. The molecule has 4 rings (SSSR count). The number of carbonyl (C=O) groups is 2. The Hall–Kier alpha value is -2.64. The molecule has 126 valence electrons. The van der Waals surface area contributed by atoms with Crippen molar-refractivity contribution in [2.24, 2.45) is 0 Å². The van der Waals surface area contributed by atoms with Gasteiger partial charge in [0, 0.05) is 38.3 Å². The molecule has 4 heterocycles. The summed E-state index contributed by atoms with van der Waals surface area (Å²) in [5.74, 6) is 0.754. The second-order valence-electron chi connectivity index (χ2n) is 6.44. The van der Waals surface area contributed by atoms with Crippen LogP contribution in [-0.4, -0.2) is 63.4 Å². The molecule has 0 aromatic carbocycles. The third kappa shape index (κ3) is 2.47. The van der Waals surface area contributed by atoms with Crippen LogP contribution in [0.5, 0.6) is 0 Å². The van der Waals surface area contributed by atoms with Crippen LogP contribution in [0, 0.1) is 0 Å². The van der Waals surface area contributed by atoms with Gasteiger partial charge in [-0.05, 0) is 18.9 Å². The molecule has 0 aliphatic carbocycles. The third-order valence-electron chi connectivity index (χ3n) is 4.89. The quantitative estimate of drug-likeness (QED) is 0.844. The first-order valence-electron chi connectivity index (χ1n) is 8.22. The van der Waals surface area contributed by atoms with Crippen LogP contribution < -0.4 is 10.2 Å². The Kier molecular flexibility index (Phi) is 3.59. The van der Waals surface area contributed by atoms with E-state index in [1.165, 1.54) is 6.92 Å². The van der Waals surface area contributed by atoms with Crippen LogP contribution in [0.3, 0.4) is 0 Å². The fraction of sp³-hybridized carbons (Fsp3) is 0.500. The number of aromatic amines is 1. The first-order valence-corrected chi connectivity index (χ1v) is 8.22. The summed E-state index contributed by atoms with van der Waals surface area (Å²) in [4.78, 5) is 39.5. The highest BCUT2D eigenvalue weighted by atomic mass is 16.2. The lowest BCUT2D eigenvalue weighted by molar-refractivity contribution is -0.135. The molecule has 2 aliphatic heterocycles. The van der Waals surface area contributed by atoms with E-state index in [1.807, 2.05) is 17.2 Å². The summed E-state index contributed by atoms with van der Waals surface area (Å²) in [5, 5.41) is 3.62. The Labute approximate surface area is 139 Å². The molecule has 2 fully saturated rings. The molecule has 0 unspecified atom stereocenters. The van der Waals surface area contributed by atoms with E-state index < -0.39 is 0 Å². The SMILES string of the molecule is CC(=O)NCC(=O)N1[C@@H]2CC[C@@H]1CN(c1ncnc3[nH]ccc13)C2. The number of amides is 2. The number of fused-ring (bicyclic) bond motifs is 3. The number of H-pyrrole nitrogens is 1. The van der Waals surface area contributed by atoms with E-state index in [0.29, 0.717) is 0 Å². The first kappa shape index (κ1) is 14.9. The zero-order chi connectivity index (χ0) is 16.7. The zero-order valence-corrected chi connectivity index (χ0v) is 13.5. The molecule has 0 saturated carbocycles. The summed E-state index contributed by atoms with van der Waals surface area (Å²) in [7, 11) is 0. The molecule has 2 aromatic rings. The number of aromatic nitrogens is 3. The van der Waals surface area contributed by atoms with Crippen molar-refractivity contribution < 1.29 is 9.59 Å². The number of piperazine rings is 1. The Morgan fingerprint density at radius 2 is 2.04 bits per heavy atom. The average Bonchev–Trinajstić information content (AvgIpc) is 3.14. The standard InChI is InChI=1S/C16H20N6O2/c1-10(23)18-6-14(24)22-11-2-3-12(22)8-21(7-11)16-13-4-5-17-15(13)19-9-20-16/h4-5,9,11-12H,2-3,6-8H2,1H3,(H,18,23)(H,17,19,20)/t11-,12-/m1/s1. The van der Waals surface area contributed by atoms with Gasteiger partial charge in [0.05, 0.1) is 11.9 Å². The highest BCUT2D eigenvalue weighted by molar-refractivity contribution is 5.88. The van der Waals surface area contributed by atoms with Crippen LogP contribution in [0.15, 0.2) is 18.6 Å². The molecule has 2 bridgehead atoms. The Morgan fingerprint density at radius 1 is 1.29 bits per heavy atom. The lowest BCUT2D eigenvalue weighted by Crippen LogP contribution is -2.57. The van der Waals surface area contributed by atoms with Crippen molar-refractivity contribution in [3.05, 3.63) is 18.6 Å². The van der Waals surface area contributed by atoms with Crippen molar-refractivity contribution in [3.63, 3.8) is 0 Å². The van der Waals surface area contributed by atoms with Crippen LogP contribution in [0.1, 0.15) is 19.8 Å². The highest BCUT2D eigenvalue weighted by Crippen LogP contribution is 2.33. The monoisotopic (exact) mass is 328 g/mol. The van der Waals surface area contributed by atoms with Gasteiger partial charge in [0.25, 0.3) is 0 Å². The van der Waals surface area contributed by atoms with Crippen LogP contribution in [0.2, 0.25) is 0 Å². The van der Waals surface area contributed by atoms with E-state index in [4.69, 9.17) is 0 Å². The first-order chi connectivity index (χ1) is 11.6. The summed E-state index contributed by atoms with van der Waals surface area (Å²) in [6, 6.07) is 2.34. The molecule has 2 N–H and O–H groups in total. The largest absolute Gasteiger partial charge is 0.352 e. The number of nitrogens with one attached hydrogen (secondary N) is 2. The van der Waals surface area contributed by atoms with Gasteiger partial charge in [-0.2, -0.15) is 0 Å². The van der Waals surface area contributed by atoms with Crippen LogP contribution in [0.25, 0.3) is 11.0 Å². The van der Waals surface area contributed by atoms with Gasteiger partial charge in [0.1, 0.15) is 17.8 Å². The summed E-state index contributed by atoms with van der Waals surface area (Å²) in [5.41, 5.74) is 0.830. The number of hydrogen-bond acceptors (Lipinski definition) is 5. The molecular formula is C16H20N6O2. The van der Waals surface area contributed by atoms with Crippen LogP contribution >= 0.6 is 0 Å². The molecular weight excluding hydrogens is 308 g/mol. The van der Waals surface area contributed by atoms with Crippen molar-refractivity contribution in [3.8, 4) is 0 Å². The third-order valence-corrected chi connectivity index (χ3v) is 4.89. The molecule has 0 radical (unpaired) electrons. The maximum Gasteiger partial charge on any atom is 0.242 e. The normalized spacial score (nSPS) is 22.9. The molecule has 0 spiro atoms. The van der Waals surface area contributed by atoms with E-state index in [9.17, 15) is 9.59 Å². The predicted octanol–water partition coefficient (Wildman–Crippen LogP) is 0.274. The Morgan fingerprint density at radius 3 is 2.75 bits per heavy atom. The molecule has 2 amide bonds. The zero-order valence-electron chi connectivity index (χ0n) is 13.5. The number of anilines is 1. The summed E-state index contributed by atoms with van der Waals surface area (Å²) < 4.78 is 0. The number of rotatable bonds is 3. The van der Waals surface area contributed by atoms with Gasteiger partial charge < -0.3 is 20.1 Å². The lowest BCUT2D eigenvalue weighted by atomic mass is 10.1. The second kappa shape index (κ2) is 5.77. The minimum Gasteiger partial charge on any atom is -0.352 e. The van der Waals surface area contributed by atoms with Crippen molar-refractivity contribution in [1.29, 1.82) is 0 Å². The molecule has 2 atom stereocenters. The topological polar surface area (TPSA) is 94.2 Å². The van der Waals surface area contributed by atoms with E-state index in [1.54, 1.807) is 6.33 Å². The average molecular weight is 328 g/mol. The van der Waals surface area contributed by atoms with Crippen molar-refractivity contribution in [2.45, 2.75) is 31.8 Å². The lowest BCUT2D eigenvalue weighted by Gasteiger charge is -2.41. The maximum absolute atomic E-state index is 12.4. The predicted molar refractivity (Wildman–Crippen MR) is 88.4 cm³/mol. The molecule has 8 heteroatoms. The van der Waals surface area contributed by atoms with Crippen LogP contribution in [-0.2, 0) is 9.59 Å². The van der Waals surface area contributed by atoms with Gasteiger partial charge in [-0.1, -0.05) is 0 Å². The minimum absolute atomic E-state index is 0.00632. The van der Waals surface area contributed by atoms with Gasteiger partial charge in [-0.25, -0.2) is 9.97 Å². The fourth-order valence-corrected chi connectivity index (χ4v) is 3.89. The number of hydrogen-bond donors (Lipinski definition) is 2. The van der Waals surface area contributed by atoms with Gasteiger partial charge in [-0.3, -0.25) is 9.59 Å². The number of carbonyl (C=O) groups excluding carboxylic acids is 2. The van der Waals surface area contributed by atoms with Crippen molar-refractivity contribution >= 4 is 28.7 Å². The Balaban J connectivity index is 1.53. The van der Waals surface area contributed by atoms with Crippen LogP contribution in [0.4, 0.5) is 5.82 Å². The maximum atomic E-state index is 12.4. The smallest absolute Gasteiger partial charge is 0.242 e. The Bertz CT molecular complexity index is 774. The molecule has 24 heavy (non-hydrogen) atoms. The highest BCUT2D eigenvalue weighted by Gasteiger charge is 2.42. The van der Waals surface area contributed by atoms with Crippen molar-refractivity contribution in [1.82, 2.24) is 25.2 Å². The van der Waals surface area contributed by atoms with Crippen molar-refractivity contribution in [2.75, 3.05) is 24.5 Å². The van der Waals surface area contributed by atoms with Gasteiger partial charge in [-0.15, -0.1) is 0 Å². The number of nitrogens with zero attached hydrogens (tertiary/aromatic N) is 4. The van der Waals surface area contributed by atoms with Gasteiger partial charge >= 0.3 is 0 Å². The van der Waals surface area contributed by atoms with E-state index in [0.717, 1.165) is 42.8 Å². The van der Waals surface area contributed by atoms with Gasteiger partial charge in [0.15, 0.2) is 0 Å². The second-order valence-corrected chi connectivity index (χ2v) is 6.44. The van der Waals surface area contributed by atoms with E-state index >= 15 is 0 Å².